The minimum absolute atomic E-state index is 0.0230. The lowest BCUT2D eigenvalue weighted by atomic mass is 10.1. The van der Waals surface area contributed by atoms with Crippen LogP contribution in [0.25, 0.3) is 0 Å². The Balaban J connectivity index is 2.09. The van der Waals surface area contributed by atoms with Gasteiger partial charge in [-0.25, -0.2) is 4.79 Å². The van der Waals surface area contributed by atoms with Gasteiger partial charge in [0, 0.05) is 12.1 Å². The Morgan fingerprint density at radius 1 is 1.31 bits per heavy atom. The average molecular weight is 368 g/mol. The number of aliphatic hydroxyl groups excluding tert-OH is 1. The molecule has 1 saturated heterocycles. The third kappa shape index (κ3) is 5.22. The van der Waals surface area contributed by atoms with Gasteiger partial charge in [-0.1, -0.05) is 0 Å². The summed E-state index contributed by atoms with van der Waals surface area (Å²) >= 11 is 0. The van der Waals surface area contributed by atoms with E-state index in [0.29, 0.717) is 0 Å². The van der Waals surface area contributed by atoms with Crippen molar-refractivity contribution < 1.29 is 34.2 Å². The van der Waals surface area contributed by atoms with E-state index in [1.807, 2.05) is 0 Å². The van der Waals surface area contributed by atoms with Gasteiger partial charge < -0.3 is 25.0 Å². The van der Waals surface area contributed by atoms with Crippen LogP contribution in [0.1, 0.15) is 29.8 Å². The van der Waals surface area contributed by atoms with Crippen molar-refractivity contribution in [1.29, 1.82) is 0 Å². The van der Waals surface area contributed by atoms with E-state index in [1.165, 1.54) is 6.07 Å². The van der Waals surface area contributed by atoms with Crippen molar-refractivity contribution in [2.45, 2.75) is 38.2 Å². The molecule has 1 amide bonds. The van der Waals surface area contributed by atoms with E-state index < -0.39 is 40.4 Å². The van der Waals surface area contributed by atoms with Crippen LogP contribution in [0.3, 0.4) is 0 Å². The van der Waals surface area contributed by atoms with Crippen LogP contribution in [-0.4, -0.2) is 58.2 Å². The van der Waals surface area contributed by atoms with Crippen LogP contribution in [0.5, 0.6) is 0 Å². The summed E-state index contributed by atoms with van der Waals surface area (Å²) in [6, 6.07) is 2.53. The highest BCUT2D eigenvalue weighted by molar-refractivity contribution is 5.89. The van der Waals surface area contributed by atoms with Crippen molar-refractivity contribution in [2.24, 2.45) is 0 Å². The third-order valence-corrected chi connectivity index (χ3v) is 3.82. The fourth-order valence-electron chi connectivity index (χ4n) is 2.43. The number of carbonyl (C=O) groups excluding carboxylic acids is 1. The SMILES string of the molecule is CC1(C)OC[C@H](NC(=O)Cc2cc(C(=O)O)cc([N+](=O)[O-])c2)[C@@H](O)CO1. The van der Waals surface area contributed by atoms with E-state index in [4.69, 9.17) is 14.6 Å². The van der Waals surface area contributed by atoms with Crippen LogP contribution in [0.15, 0.2) is 18.2 Å². The molecule has 0 saturated carbocycles. The number of hydrogen-bond acceptors (Lipinski definition) is 7. The molecule has 1 aromatic carbocycles. The molecule has 26 heavy (non-hydrogen) atoms. The summed E-state index contributed by atoms with van der Waals surface area (Å²) in [6.45, 7) is 3.36. The third-order valence-electron chi connectivity index (χ3n) is 3.82. The Bertz CT molecular complexity index is 686. The molecule has 10 nitrogen and oxygen atoms in total. The zero-order valence-corrected chi connectivity index (χ0v) is 14.3. The van der Waals surface area contributed by atoms with Gasteiger partial charge in [0.2, 0.25) is 5.91 Å². The molecule has 1 aliphatic rings. The van der Waals surface area contributed by atoms with Gasteiger partial charge in [0.25, 0.3) is 5.69 Å². The Kier molecular flexibility index (Phi) is 5.90. The maximum absolute atomic E-state index is 12.2. The Morgan fingerprint density at radius 3 is 2.58 bits per heavy atom. The fraction of sp³-hybridized carbons (Fsp3) is 0.500. The van der Waals surface area contributed by atoms with Crippen molar-refractivity contribution in [3.05, 3.63) is 39.4 Å². The second kappa shape index (κ2) is 7.77. The van der Waals surface area contributed by atoms with Crippen LogP contribution in [-0.2, 0) is 20.7 Å². The number of hydrogen-bond donors (Lipinski definition) is 3. The minimum atomic E-state index is -1.33. The van der Waals surface area contributed by atoms with E-state index in [-0.39, 0.29) is 30.8 Å². The van der Waals surface area contributed by atoms with Gasteiger partial charge in [-0.3, -0.25) is 14.9 Å². The first-order chi connectivity index (χ1) is 12.1. The second-order valence-corrected chi connectivity index (χ2v) is 6.39. The lowest BCUT2D eigenvalue weighted by Gasteiger charge is -2.23. The second-order valence-electron chi connectivity index (χ2n) is 6.39. The molecule has 0 aromatic heterocycles. The first-order valence-electron chi connectivity index (χ1n) is 7.84. The summed E-state index contributed by atoms with van der Waals surface area (Å²) in [5.74, 6) is -2.76. The number of ether oxygens (including phenoxy) is 2. The van der Waals surface area contributed by atoms with Gasteiger partial charge in [-0.05, 0) is 25.5 Å². The maximum atomic E-state index is 12.2. The summed E-state index contributed by atoms with van der Waals surface area (Å²) in [7, 11) is 0. The zero-order chi connectivity index (χ0) is 19.5. The predicted molar refractivity (Wildman–Crippen MR) is 87.7 cm³/mol. The average Bonchev–Trinajstić information content (AvgIpc) is 2.67. The topological polar surface area (TPSA) is 148 Å². The number of aromatic carboxylic acids is 1. The normalized spacial score (nSPS) is 22.3. The number of benzene rings is 1. The summed E-state index contributed by atoms with van der Waals surface area (Å²) in [5, 5.41) is 32.6. The van der Waals surface area contributed by atoms with Crippen molar-refractivity contribution in [3.63, 3.8) is 0 Å². The lowest BCUT2D eigenvalue weighted by molar-refractivity contribution is -0.384. The number of aliphatic hydroxyl groups is 1. The van der Waals surface area contributed by atoms with Gasteiger partial charge in [-0.15, -0.1) is 0 Å². The van der Waals surface area contributed by atoms with Gasteiger partial charge in [0.15, 0.2) is 5.79 Å². The Hall–Kier alpha value is -2.56. The van der Waals surface area contributed by atoms with Crippen LogP contribution >= 0.6 is 0 Å². The van der Waals surface area contributed by atoms with Crippen LogP contribution in [0.2, 0.25) is 0 Å². The van der Waals surface area contributed by atoms with Crippen LogP contribution < -0.4 is 5.32 Å². The molecule has 1 fully saturated rings. The molecule has 0 unspecified atom stereocenters. The number of nitro groups is 1. The number of rotatable bonds is 5. The molecule has 1 heterocycles. The smallest absolute Gasteiger partial charge is 0.335 e. The molecule has 0 radical (unpaired) electrons. The van der Waals surface area contributed by atoms with Gasteiger partial charge in [-0.2, -0.15) is 0 Å². The molecule has 0 bridgehead atoms. The van der Waals surface area contributed by atoms with Crippen LogP contribution in [0.4, 0.5) is 5.69 Å². The van der Waals surface area contributed by atoms with E-state index in [9.17, 15) is 24.8 Å². The summed E-state index contributed by atoms with van der Waals surface area (Å²) in [5.41, 5.74) is -0.523. The number of carboxylic acids is 1. The number of carbonyl (C=O) groups is 2. The fourth-order valence-corrected chi connectivity index (χ4v) is 2.43. The molecule has 2 atom stereocenters. The van der Waals surface area contributed by atoms with Crippen molar-refractivity contribution in [3.8, 4) is 0 Å². The van der Waals surface area contributed by atoms with Gasteiger partial charge in [0.1, 0.15) is 0 Å². The number of nitrogens with one attached hydrogen (secondary N) is 1. The molecular formula is C16H20N2O8. The monoisotopic (exact) mass is 368 g/mol. The molecule has 3 N–H and O–H groups in total. The van der Waals surface area contributed by atoms with E-state index in [0.717, 1.165) is 12.1 Å². The highest BCUT2D eigenvalue weighted by Gasteiger charge is 2.32. The number of nitrogens with zero attached hydrogens (tertiary/aromatic N) is 1. The number of amides is 1. The van der Waals surface area contributed by atoms with Crippen molar-refractivity contribution in [2.75, 3.05) is 13.2 Å². The molecule has 142 valence electrons. The molecule has 0 spiro atoms. The Labute approximate surface area is 148 Å². The highest BCUT2D eigenvalue weighted by Crippen LogP contribution is 2.19. The molecular weight excluding hydrogens is 348 g/mol. The quantitative estimate of drug-likeness (QED) is 0.501. The van der Waals surface area contributed by atoms with Crippen LogP contribution in [0, 0.1) is 10.1 Å². The van der Waals surface area contributed by atoms with E-state index >= 15 is 0 Å². The molecule has 2 rings (SSSR count). The lowest BCUT2D eigenvalue weighted by Crippen LogP contribution is -2.47. The highest BCUT2D eigenvalue weighted by atomic mass is 16.7. The minimum Gasteiger partial charge on any atom is -0.478 e. The van der Waals surface area contributed by atoms with Gasteiger partial charge in [0.05, 0.1) is 42.3 Å². The standard InChI is InChI=1S/C16H20N2O8/c1-16(2)25-7-12(13(19)8-26-16)17-14(20)5-9-3-10(15(21)22)6-11(4-9)18(23)24/h3-4,6,12-13,19H,5,7-8H2,1-2H3,(H,17,20)(H,21,22)/t12-,13-/m0/s1. The molecule has 1 aliphatic heterocycles. The largest absolute Gasteiger partial charge is 0.478 e. The summed E-state index contributed by atoms with van der Waals surface area (Å²) in [6.07, 6.45) is -1.27. The first-order valence-corrected chi connectivity index (χ1v) is 7.84. The maximum Gasteiger partial charge on any atom is 0.335 e. The molecule has 1 aromatic rings. The van der Waals surface area contributed by atoms with E-state index in [2.05, 4.69) is 5.32 Å². The predicted octanol–water partition coefficient (Wildman–Crippen LogP) is 0.464. The molecule has 0 aliphatic carbocycles. The number of nitro benzene ring substituents is 1. The first kappa shape index (κ1) is 19.8. The van der Waals surface area contributed by atoms with Crippen molar-refractivity contribution in [1.82, 2.24) is 5.32 Å². The molecule has 10 heteroatoms. The summed E-state index contributed by atoms with van der Waals surface area (Å²) < 4.78 is 10.8. The Morgan fingerprint density at radius 2 is 1.96 bits per heavy atom. The zero-order valence-electron chi connectivity index (χ0n) is 14.3. The summed E-state index contributed by atoms with van der Waals surface area (Å²) in [4.78, 5) is 33.5. The number of carboxylic acid groups (broad SMARTS) is 1. The van der Waals surface area contributed by atoms with E-state index in [1.54, 1.807) is 13.8 Å². The number of non-ortho nitro benzene ring substituents is 1. The van der Waals surface area contributed by atoms with Gasteiger partial charge >= 0.3 is 5.97 Å². The van der Waals surface area contributed by atoms with Crippen molar-refractivity contribution >= 4 is 17.6 Å².